The molecule has 4 aromatic carbocycles. The van der Waals surface area contributed by atoms with Gasteiger partial charge in [0.05, 0.1) is 18.7 Å². The van der Waals surface area contributed by atoms with Crippen LogP contribution >= 0.6 is 0 Å². The van der Waals surface area contributed by atoms with Crippen LogP contribution in [0.25, 0.3) is 16.5 Å². The molecule has 4 aromatic rings. The summed E-state index contributed by atoms with van der Waals surface area (Å²) in [6, 6.07) is 27.4. The Balaban J connectivity index is 1.70. The Morgan fingerprint density at radius 2 is 1.54 bits per heavy atom. The molecule has 1 N–H and O–H groups in total. The molecule has 1 amide bonds. The van der Waals surface area contributed by atoms with Gasteiger partial charge >= 0.3 is 0 Å². The molecule has 1 aliphatic heterocycles. The number of anilines is 1. The average Bonchev–Trinajstić information content (AvgIpc) is 3.17. The molecule has 0 aromatic heterocycles. The summed E-state index contributed by atoms with van der Waals surface area (Å²) in [5, 5.41) is 13.4. The van der Waals surface area contributed by atoms with Crippen LogP contribution in [0.2, 0.25) is 0 Å². The van der Waals surface area contributed by atoms with Crippen LogP contribution in [0.1, 0.15) is 43.5 Å². The minimum Gasteiger partial charge on any atom is -0.507 e. The zero-order chi connectivity index (χ0) is 26.3. The summed E-state index contributed by atoms with van der Waals surface area (Å²) in [4.78, 5) is 28.4. The van der Waals surface area contributed by atoms with Gasteiger partial charge < -0.3 is 9.84 Å². The van der Waals surface area contributed by atoms with Crippen LogP contribution in [0.5, 0.6) is 5.75 Å². The summed E-state index contributed by atoms with van der Waals surface area (Å²) in [6.07, 6.45) is 0. The highest BCUT2D eigenvalue weighted by atomic mass is 16.5. The fourth-order valence-electron chi connectivity index (χ4n) is 4.84. The maximum absolute atomic E-state index is 13.5. The molecule has 1 saturated heterocycles. The number of aliphatic hydroxyl groups excluding tert-OH is 1. The van der Waals surface area contributed by atoms with Gasteiger partial charge in [0.25, 0.3) is 11.7 Å². The molecular weight excluding hydrogens is 462 g/mol. The second-order valence-corrected chi connectivity index (χ2v) is 10.3. The molecule has 1 atom stereocenters. The van der Waals surface area contributed by atoms with E-state index in [1.54, 1.807) is 25.3 Å². The number of benzene rings is 4. The van der Waals surface area contributed by atoms with Crippen LogP contribution in [0.4, 0.5) is 5.69 Å². The van der Waals surface area contributed by atoms with E-state index >= 15 is 0 Å². The number of hydrogen-bond donors (Lipinski definition) is 1. The number of amides is 1. The number of nitrogens with zero attached hydrogens (tertiary/aromatic N) is 1. The highest BCUT2D eigenvalue weighted by Gasteiger charge is 2.47. The normalized spacial score (nSPS) is 17.4. The van der Waals surface area contributed by atoms with Crippen LogP contribution in [0.3, 0.4) is 0 Å². The van der Waals surface area contributed by atoms with E-state index in [9.17, 15) is 14.7 Å². The number of fused-ring (bicyclic) bond motifs is 1. The van der Waals surface area contributed by atoms with E-state index in [2.05, 4.69) is 20.8 Å². The van der Waals surface area contributed by atoms with E-state index in [-0.39, 0.29) is 16.7 Å². The van der Waals surface area contributed by atoms with E-state index in [1.165, 1.54) is 4.90 Å². The van der Waals surface area contributed by atoms with E-state index in [1.807, 2.05) is 72.8 Å². The molecule has 5 nitrogen and oxygen atoms in total. The van der Waals surface area contributed by atoms with Gasteiger partial charge in [-0.3, -0.25) is 14.5 Å². The lowest BCUT2D eigenvalue weighted by Gasteiger charge is -2.27. The number of rotatable bonds is 4. The monoisotopic (exact) mass is 491 g/mol. The van der Waals surface area contributed by atoms with Crippen LogP contribution in [-0.2, 0) is 15.0 Å². The number of methoxy groups -OCH3 is 1. The Morgan fingerprint density at radius 1 is 0.838 bits per heavy atom. The van der Waals surface area contributed by atoms with Crippen LogP contribution in [0, 0.1) is 0 Å². The number of ketones is 1. The summed E-state index contributed by atoms with van der Waals surface area (Å²) in [7, 11) is 1.57. The van der Waals surface area contributed by atoms with Gasteiger partial charge in [-0.15, -0.1) is 0 Å². The second kappa shape index (κ2) is 9.25. The Morgan fingerprint density at radius 3 is 2.22 bits per heavy atom. The lowest BCUT2D eigenvalue weighted by molar-refractivity contribution is -0.132. The molecule has 0 spiro atoms. The number of carbonyl (C=O) groups is 2. The maximum atomic E-state index is 13.5. The van der Waals surface area contributed by atoms with Crippen molar-refractivity contribution in [2.24, 2.45) is 0 Å². The zero-order valence-corrected chi connectivity index (χ0v) is 21.4. The van der Waals surface area contributed by atoms with Crippen LogP contribution in [-0.4, -0.2) is 23.9 Å². The molecule has 1 heterocycles. The summed E-state index contributed by atoms with van der Waals surface area (Å²) >= 11 is 0. The summed E-state index contributed by atoms with van der Waals surface area (Å²) in [5.41, 5.74) is 2.83. The first-order chi connectivity index (χ1) is 17.7. The summed E-state index contributed by atoms with van der Waals surface area (Å²) < 4.78 is 5.42. The molecule has 1 aliphatic rings. The Bertz CT molecular complexity index is 1540. The standard InChI is InChI=1S/C32H29NO4/c1-32(2,3)24-14-16-25(17-15-24)33-28(22-10-7-11-26(19-22)37-4)27(30(35)31(33)36)29(34)23-13-12-20-8-5-6-9-21(20)18-23/h5-19,28,34H,1-4H3/b29-27-. The fourth-order valence-corrected chi connectivity index (χ4v) is 4.84. The molecule has 1 fully saturated rings. The molecule has 0 aliphatic carbocycles. The topological polar surface area (TPSA) is 66.8 Å². The Labute approximate surface area is 216 Å². The van der Waals surface area contributed by atoms with Crippen molar-refractivity contribution < 1.29 is 19.4 Å². The van der Waals surface area contributed by atoms with E-state index in [4.69, 9.17) is 4.74 Å². The van der Waals surface area contributed by atoms with Crippen molar-refractivity contribution >= 4 is 33.9 Å². The first-order valence-electron chi connectivity index (χ1n) is 12.2. The van der Waals surface area contributed by atoms with Gasteiger partial charge in [-0.05, 0) is 57.6 Å². The first-order valence-corrected chi connectivity index (χ1v) is 12.2. The van der Waals surface area contributed by atoms with Crippen molar-refractivity contribution in [1.82, 2.24) is 0 Å². The molecule has 5 rings (SSSR count). The van der Waals surface area contributed by atoms with Crippen molar-refractivity contribution in [2.75, 3.05) is 12.0 Å². The molecule has 0 bridgehead atoms. The van der Waals surface area contributed by atoms with Crippen LogP contribution in [0.15, 0.2) is 96.6 Å². The van der Waals surface area contributed by atoms with Gasteiger partial charge in [0.2, 0.25) is 0 Å². The van der Waals surface area contributed by atoms with Crippen molar-refractivity contribution in [1.29, 1.82) is 0 Å². The molecule has 5 heteroatoms. The van der Waals surface area contributed by atoms with Gasteiger partial charge in [0, 0.05) is 11.3 Å². The molecular formula is C32H29NO4. The SMILES string of the molecule is COc1cccc(C2/C(=C(/O)c3ccc4ccccc4c3)C(=O)C(=O)N2c2ccc(C(C)(C)C)cc2)c1. The van der Waals surface area contributed by atoms with E-state index in [0.717, 1.165) is 16.3 Å². The van der Waals surface area contributed by atoms with Gasteiger partial charge in [-0.25, -0.2) is 0 Å². The molecule has 1 unspecified atom stereocenters. The molecule has 37 heavy (non-hydrogen) atoms. The first kappa shape index (κ1) is 24.3. The second-order valence-electron chi connectivity index (χ2n) is 10.3. The number of aliphatic hydroxyl groups is 1. The number of ether oxygens (including phenoxy) is 1. The predicted molar refractivity (Wildman–Crippen MR) is 147 cm³/mol. The lowest BCUT2D eigenvalue weighted by atomic mass is 9.87. The average molecular weight is 492 g/mol. The third kappa shape index (κ3) is 4.38. The van der Waals surface area contributed by atoms with Gasteiger partial charge in [-0.1, -0.05) is 81.4 Å². The third-order valence-electron chi connectivity index (χ3n) is 6.89. The minimum atomic E-state index is -0.818. The Kier molecular flexibility index (Phi) is 6.08. The predicted octanol–water partition coefficient (Wildman–Crippen LogP) is 6.77. The van der Waals surface area contributed by atoms with Gasteiger partial charge in [-0.2, -0.15) is 0 Å². The Hall–Kier alpha value is -4.38. The fraction of sp³-hybridized carbons (Fsp3) is 0.188. The quantitative estimate of drug-likeness (QED) is 0.194. The molecule has 0 saturated carbocycles. The van der Waals surface area contributed by atoms with Gasteiger partial charge in [0.1, 0.15) is 11.5 Å². The largest absolute Gasteiger partial charge is 0.507 e. The highest BCUT2D eigenvalue weighted by molar-refractivity contribution is 6.51. The third-order valence-corrected chi connectivity index (χ3v) is 6.89. The van der Waals surface area contributed by atoms with Crippen molar-refractivity contribution in [3.63, 3.8) is 0 Å². The minimum absolute atomic E-state index is 0.0495. The van der Waals surface area contributed by atoms with Crippen molar-refractivity contribution in [2.45, 2.75) is 32.2 Å². The zero-order valence-electron chi connectivity index (χ0n) is 21.4. The van der Waals surface area contributed by atoms with Crippen LogP contribution < -0.4 is 9.64 Å². The number of hydrogen-bond acceptors (Lipinski definition) is 4. The maximum Gasteiger partial charge on any atom is 0.300 e. The molecule has 0 radical (unpaired) electrons. The summed E-state index contributed by atoms with van der Waals surface area (Å²) in [6.45, 7) is 6.36. The van der Waals surface area contributed by atoms with Gasteiger partial charge in [0.15, 0.2) is 0 Å². The smallest absolute Gasteiger partial charge is 0.300 e. The van der Waals surface area contributed by atoms with E-state index < -0.39 is 17.7 Å². The lowest BCUT2D eigenvalue weighted by Crippen LogP contribution is -2.29. The number of carbonyl (C=O) groups excluding carboxylic acids is 2. The summed E-state index contributed by atoms with van der Waals surface area (Å²) in [5.74, 6) is -1.01. The number of Topliss-reactive ketones (excluding diaryl/α,β-unsaturated/α-hetero) is 1. The van der Waals surface area contributed by atoms with Crippen molar-refractivity contribution in [3.8, 4) is 5.75 Å². The molecule has 186 valence electrons. The van der Waals surface area contributed by atoms with Crippen molar-refractivity contribution in [3.05, 3.63) is 113 Å². The highest BCUT2D eigenvalue weighted by Crippen LogP contribution is 2.43. The van der Waals surface area contributed by atoms with E-state index in [0.29, 0.717) is 22.6 Å².